The van der Waals surface area contributed by atoms with E-state index in [1.54, 1.807) is 24.3 Å². The van der Waals surface area contributed by atoms with Crippen LogP contribution in [0.1, 0.15) is 72.1 Å². The predicted molar refractivity (Wildman–Crippen MR) is 121 cm³/mol. The molecule has 8 nitrogen and oxygen atoms in total. The van der Waals surface area contributed by atoms with Crippen molar-refractivity contribution in [2.24, 2.45) is 0 Å². The molecule has 8 heteroatoms. The van der Waals surface area contributed by atoms with E-state index in [1.807, 2.05) is 0 Å². The second kappa shape index (κ2) is 12.9. The van der Waals surface area contributed by atoms with Gasteiger partial charge in [-0.2, -0.15) is 0 Å². The monoisotopic (exact) mass is 440 g/mol. The van der Waals surface area contributed by atoms with E-state index in [9.17, 15) is 19.2 Å². The first-order valence-electron chi connectivity index (χ1n) is 10.6. The second-order valence-corrected chi connectivity index (χ2v) is 7.48. The molecule has 0 atom stereocenters. The van der Waals surface area contributed by atoms with Crippen LogP contribution in [0.4, 0.5) is 11.4 Å². The quantitative estimate of drug-likeness (QED) is 0.331. The van der Waals surface area contributed by atoms with Gasteiger partial charge in [0, 0.05) is 24.2 Å². The number of carbonyl (C=O) groups is 4. The largest absolute Gasteiger partial charge is 0.478 e. The molecule has 32 heavy (non-hydrogen) atoms. The Morgan fingerprint density at radius 1 is 0.531 bits per heavy atom. The van der Waals surface area contributed by atoms with Crippen LogP contribution in [-0.2, 0) is 9.59 Å². The second-order valence-electron chi connectivity index (χ2n) is 7.48. The third kappa shape index (κ3) is 8.99. The number of nitrogens with one attached hydrogen (secondary N) is 2. The average molecular weight is 440 g/mol. The molecule has 0 aliphatic rings. The van der Waals surface area contributed by atoms with Crippen LogP contribution in [0.2, 0.25) is 0 Å². The minimum atomic E-state index is -1.00. The zero-order chi connectivity index (χ0) is 23.3. The maximum Gasteiger partial charge on any atom is 0.335 e. The van der Waals surface area contributed by atoms with Crippen molar-refractivity contribution in [1.82, 2.24) is 0 Å². The van der Waals surface area contributed by atoms with Crippen molar-refractivity contribution in [1.29, 1.82) is 0 Å². The van der Waals surface area contributed by atoms with Gasteiger partial charge in [-0.25, -0.2) is 9.59 Å². The van der Waals surface area contributed by atoms with Gasteiger partial charge in [0.1, 0.15) is 0 Å². The third-order valence-corrected chi connectivity index (χ3v) is 4.89. The number of hydrogen-bond acceptors (Lipinski definition) is 4. The van der Waals surface area contributed by atoms with Gasteiger partial charge in [0.05, 0.1) is 11.1 Å². The van der Waals surface area contributed by atoms with Crippen molar-refractivity contribution in [3.63, 3.8) is 0 Å². The number of hydrogen-bond donors (Lipinski definition) is 4. The third-order valence-electron chi connectivity index (χ3n) is 4.89. The fraction of sp³-hybridized carbons (Fsp3) is 0.333. The number of amides is 2. The van der Waals surface area contributed by atoms with Crippen LogP contribution in [0.5, 0.6) is 0 Å². The number of aromatic carboxylic acids is 2. The molecular formula is C24H28N2O6. The van der Waals surface area contributed by atoms with E-state index in [2.05, 4.69) is 10.6 Å². The number of unbranched alkanes of at least 4 members (excludes halogenated alkanes) is 5. The molecule has 0 bridgehead atoms. The highest BCUT2D eigenvalue weighted by Gasteiger charge is 2.06. The highest BCUT2D eigenvalue weighted by Crippen LogP contribution is 2.14. The Hall–Kier alpha value is -3.68. The lowest BCUT2D eigenvalue weighted by Gasteiger charge is -2.06. The van der Waals surface area contributed by atoms with Crippen molar-refractivity contribution >= 4 is 35.1 Å². The van der Waals surface area contributed by atoms with Crippen LogP contribution >= 0.6 is 0 Å². The topological polar surface area (TPSA) is 133 Å². The summed E-state index contributed by atoms with van der Waals surface area (Å²) >= 11 is 0. The molecule has 0 spiro atoms. The highest BCUT2D eigenvalue weighted by molar-refractivity contribution is 5.93. The fourth-order valence-corrected chi connectivity index (χ4v) is 3.12. The fourth-order valence-electron chi connectivity index (χ4n) is 3.12. The molecule has 2 amide bonds. The Bertz CT molecular complexity index is 845. The molecule has 2 aromatic carbocycles. The minimum Gasteiger partial charge on any atom is -0.478 e. The van der Waals surface area contributed by atoms with Gasteiger partial charge >= 0.3 is 11.9 Å². The summed E-state index contributed by atoms with van der Waals surface area (Å²) in [7, 11) is 0. The van der Waals surface area contributed by atoms with E-state index in [-0.39, 0.29) is 22.9 Å². The van der Waals surface area contributed by atoms with Crippen LogP contribution in [0.25, 0.3) is 0 Å². The van der Waals surface area contributed by atoms with Crippen LogP contribution in [0.3, 0.4) is 0 Å². The SMILES string of the molecule is O=C(CCCCCCCCC(=O)Nc1ccc(C(=O)O)cc1)Nc1ccc(C(=O)O)cc1. The van der Waals surface area contributed by atoms with Gasteiger partial charge in [0.2, 0.25) is 11.8 Å². The average Bonchev–Trinajstić information content (AvgIpc) is 2.76. The molecule has 0 saturated heterocycles. The zero-order valence-electron chi connectivity index (χ0n) is 17.8. The zero-order valence-corrected chi connectivity index (χ0v) is 17.8. The maximum atomic E-state index is 11.9. The Balaban J connectivity index is 1.50. The van der Waals surface area contributed by atoms with E-state index in [0.29, 0.717) is 24.2 Å². The van der Waals surface area contributed by atoms with Gasteiger partial charge < -0.3 is 20.8 Å². The molecule has 4 N–H and O–H groups in total. The Labute approximate surface area is 186 Å². The molecule has 0 fully saturated rings. The summed E-state index contributed by atoms with van der Waals surface area (Å²) < 4.78 is 0. The van der Waals surface area contributed by atoms with Crippen LogP contribution in [-0.4, -0.2) is 34.0 Å². The van der Waals surface area contributed by atoms with Crippen molar-refractivity contribution in [3.05, 3.63) is 59.7 Å². The summed E-state index contributed by atoms with van der Waals surface area (Å²) in [4.78, 5) is 45.5. The molecule has 2 rings (SSSR count). The molecule has 0 aliphatic carbocycles. The normalized spacial score (nSPS) is 10.4. The van der Waals surface area contributed by atoms with Gasteiger partial charge in [0.15, 0.2) is 0 Å². The van der Waals surface area contributed by atoms with Crippen LogP contribution < -0.4 is 10.6 Å². The molecule has 0 aliphatic heterocycles. The van der Waals surface area contributed by atoms with Gasteiger partial charge in [-0.15, -0.1) is 0 Å². The Morgan fingerprint density at radius 3 is 1.16 bits per heavy atom. The van der Waals surface area contributed by atoms with E-state index >= 15 is 0 Å². The first-order chi connectivity index (χ1) is 15.3. The molecule has 0 unspecified atom stereocenters. The summed E-state index contributed by atoms with van der Waals surface area (Å²) in [6.45, 7) is 0. The van der Waals surface area contributed by atoms with Gasteiger partial charge in [-0.3, -0.25) is 9.59 Å². The number of carboxylic acids is 2. The lowest BCUT2D eigenvalue weighted by atomic mass is 10.1. The van der Waals surface area contributed by atoms with E-state index in [0.717, 1.165) is 38.5 Å². The van der Waals surface area contributed by atoms with E-state index in [1.165, 1.54) is 24.3 Å². The standard InChI is InChI=1S/C24H28N2O6/c27-21(25-19-13-9-17(10-14-19)23(29)30)7-5-3-1-2-4-6-8-22(28)26-20-15-11-18(12-16-20)24(31)32/h9-16H,1-8H2,(H,25,27)(H,26,28)(H,29,30)(H,31,32). The number of carboxylic acid groups (broad SMARTS) is 2. The highest BCUT2D eigenvalue weighted by atomic mass is 16.4. The number of benzene rings is 2. The molecule has 2 aromatic rings. The van der Waals surface area contributed by atoms with Gasteiger partial charge in [-0.1, -0.05) is 25.7 Å². The van der Waals surface area contributed by atoms with Crippen molar-refractivity contribution < 1.29 is 29.4 Å². The van der Waals surface area contributed by atoms with Gasteiger partial charge in [0.25, 0.3) is 0 Å². The minimum absolute atomic E-state index is 0.0962. The summed E-state index contributed by atoms with van der Waals surface area (Å²) in [5.74, 6) is -2.20. The van der Waals surface area contributed by atoms with Crippen molar-refractivity contribution in [2.45, 2.75) is 51.4 Å². The van der Waals surface area contributed by atoms with E-state index < -0.39 is 11.9 Å². The Kier molecular flexibility index (Phi) is 9.90. The summed E-state index contributed by atoms with van der Waals surface area (Å²) in [6.07, 6.45) is 6.17. The lowest BCUT2D eigenvalue weighted by molar-refractivity contribution is -0.117. The molecule has 0 heterocycles. The summed E-state index contributed by atoms with van der Waals surface area (Å²) in [6, 6.07) is 12.1. The molecular weight excluding hydrogens is 412 g/mol. The summed E-state index contributed by atoms with van der Waals surface area (Å²) in [5.41, 5.74) is 1.51. The van der Waals surface area contributed by atoms with Crippen LogP contribution in [0.15, 0.2) is 48.5 Å². The first-order valence-corrected chi connectivity index (χ1v) is 10.6. The number of rotatable bonds is 13. The maximum absolute atomic E-state index is 11.9. The van der Waals surface area contributed by atoms with E-state index in [4.69, 9.17) is 10.2 Å². The molecule has 0 saturated carbocycles. The smallest absolute Gasteiger partial charge is 0.335 e. The van der Waals surface area contributed by atoms with Crippen molar-refractivity contribution in [2.75, 3.05) is 10.6 Å². The molecule has 170 valence electrons. The van der Waals surface area contributed by atoms with Crippen LogP contribution in [0, 0.1) is 0 Å². The number of anilines is 2. The molecule has 0 aromatic heterocycles. The summed E-state index contributed by atoms with van der Waals surface area (Å²) in [5, 5.41) is 23.2. The number of carbonyl (C=O) groups excluding carboxylic acids is 2. The van der Waals surface area contributed by atoms with Crippen molar-refractivity contribution in [3.8, 4) is 0 Å². The predicted octanol–water partition coefficient (Wildman–Crippen LogP) is 4.78. The first kappa shape index (κ1) is 24.6. The Morgan fingerprint density at radius 2 is 0.844 bits per heavy atom. The molecule has 0 radical (unpaired) electrons. The lowest BCUT2D eigenvalue weighted by Crippen LogP contribution is -2.11. The van der Waals surface area contributed by atoms with Gasteiger partial charge in [-0.05, 0) is 61.4 Å².